The molecule has 1 atom stereocenters. The zero-order valence-corrected chi connectivity index (χ0v) is 16.2. The number of carbonyl (C=O) groups is 1. The SMILES string of the molecule is C[C@@H]1CCCCN1S(=O)(=O)c1ccc(C(=O)Nc2cccc([N+](=O)[O-])c2)cc1. The Morgan fingerprint density at radius 3 is 2.54 bits per heavy atom. The van der Waals surface area contributed by atoms with Crippen molar-refractivity contribution in [1.29, 1.82) is 0 Å². The number of amides is 1. The summed E-state index contributed by atoms with van der Waals surface area (Å²) in [4.78, 5) is 22.8. The van der Waals surface area contributed by atoms with E-state index in [1.807, 2.05) is 6.92 Å². The van der Waals surface area contributed by atoms with Gasteiger partial charge in [-0.2, -0.15) is 4.31 Å². The second kappa shape index (κ2) is 8.07. The average Bonchev–Trinajstić information content (AvgIpc) is 2.68. The van der Waals surface area contributed by atoms with Gasteiger partial charge < -0.3 is 5.32 Å². The maximum absolute atomic E-state index is 12.8. The Labute approximate surface area is 163 Å². The minimum atomic E-state index is -3.60. The lowest BCUT2D eigenvalue weighted by molar-refractivity contribution is -0.384. The summed E-state index contributed by atoms with van der Waals surface area (Å²) in [5.74, 6) is -0.476. The van der Waals surface area contributed by atoms with Gasteiger partial charge in [0.25, 0.3) is 11.6 Å². The molecule has 1 N–H and O–H groups in total. The summed E-state index contributed by atoms with van der Waals surface area (Å²) in [6, 6.07) is 11.3. The predicted octanol–water partition coefficient (Wildman–Crippen LogP) is 3.41. The summed E-state index contributed by atoms with van der Waals surface area (Å²) in [5.41, 5.74) is 0.421. The lowest BCUT2D eigenvalue weighted by atomic mass is 10.1. The largest absolute Gasteiger partial charge is 0.322 e. The highest BCUT2D eigenvalue weighted by molar-refractivity contribution is 7.89. The Hall–Kier alpha value is -2.78. The molecule has 28 heavy (non-hydrogen) atoms. The highest BCUT2D eigenvalue weighted by Crippen LogP contribution is 2.25. The average molecular weight is 403 g/mol. The van der Waals surface area contributed by atoms with Crippen molar-refractivity contribution in [3.8, 4) is 0 Å². The fourth-order valence-electron chi connectivity index (χ4n) is 3.24. The molecular weight excluding hydrogens is 382 g/mol. The number of piperidine rings is 1. The molecule has 1 saturated heterocycles. The van der Waals surface area contributed by atoms with Gasteiger partial charge >= 0.3 is 0 Å². The van der Waals surface area contributed by atoms with Gasteiger partial charge in [-0.3, -0.25) is 14.9 Å². The molecule has 3 rings (SSSR count). The standard InChI is InChI=1S/C19H21N3O5S/c1-14-5-2-3-12-21(14)28(26,27)18-10-8-15(9-11-18)19(23)20-16-6-4-7-17(13-16)22(24)25/h4,6-11,13-14H,2-3,5,12H2,1H3,(H,20,23)/t14-/m1/s1. The fraction of sp³-hybridized carbons (Fsp3) is 0.316. The first-order valence-electron chi connectivity index (χ1n) is 8.97. The molecule has 1 heterocycles. The normalized spacial score (nSPS) is 17.8. The van der Waals surface area contributed by atoms with E-state index in [4.69, 9.17) is 0 Å². The number of nitrogens with zero attached hydrogens (tertiary/aromatic N) is 2. The van der Waals surface area contributed by atoms with Crippen LogP contribution in [0.4, 0.5) is 11.4 Å². The van der Waals surface area contributed by atoms with E-state index in [0.717, 1.165) is 19.3 Å². The molecule has 1 amide bonds. The number of sulfonamides is 1. The van der Waals surface area contributed by atoms with Crippen molar-refractivity contribution in [2.24, 2.45) is 0 Å². The number of anilines is 1. The molecule has 2 aromatic rings. The monoisotopic (exact) mass is 403 g/mol. The molecule has 1 fully saturated rings. The summed E-state index contributed by atoms with van der Waals surface area (Å²) in [5, 5.41) is 13.4. The van der Waals surface area contributed by atoms with Crippen molar-refractivity contribution in [1.82, 2.24) is 4.31 Å². The maximum Gasteiger partial charge on any atom is 0.271 e. The van der Waals surface area contributed by atoms with Crippen molar-refractivity contribution in [3.63, 3.8) is 0 Å². The molecule has 9 heteroatoms. The Balaban J connectivity index is 1.76. The third kappa shape index (κ3) is 4.20. The number of rotatable bonds is 5. The van der Waals surface area contributed by atoms with Crippen LogP contribution in [0.15, 0.2) is 53.4 Å². The van der Waals surface area contributed by atoms with Crippen LogP contribution in [0.25, 0.3) is 0 Å². The van der Waals surface area contributed by atoms with E-state index >= 15 is 0 Å². The number of nitro groups is 1. The van der Waals surface area contributed by atoms with E-state index in [1.165, 1.54) is 46.8 Å². The van der Waals surface area contributed by atoms with E-state index in [9.17, 15) is 23.3 Å². The summed E-state index contributed by atoms with van der Waals surface area (Å²) in [6.45, 7) is 2.40. The first-order valence-corrected chi connectivity index (χ1v) is 10.4. The molecule has 0 aliphatic carbocycles. The summed E-state index contributed by atoms with van der Waals surface area (Å²) < 4.78 is 27.2. The molecule has 148 valence electrons. The van der Waals surface area contributed by atoms with Crippen molar-refractivity contribution < 1.29 is 18.1 Å². The van der Waals surface area contributed by atoms with Gasteiger partial charge in [-0.1, -0.05) is 12.5 Å². The van der Waals surface area contributed by atoms with E-state index in [1.54, 1.807) is 6.07 Å². The Bertz CT molecular complexity index is 989. The number of benzene rings is 2. The molecule has 1 aliphatic rings. The molecule has 0 bridgehead atoms. The van der Waals surface area contributed by atoms with Gasteiger partial charge in [0.15, 0.2) is 0 Å². The Kier molecular flexibility index (Phi) is 5.76. The molecule has 0 spiro atoms. The van der Waals surface area contributed by atoms with Crippen LogP contribution in [0.1, 0.15) is 36.5 Å². The number of non-ortho nitro benzene ring substituents is 1. The molecule has 0 radical (unpaired) electrons. The zero-order valence-electron chi connectivity index (χ0n) is 15.4. The van der Waals surface area contributed by atoms with Crippen molar-refractivity contribution in [2.75, 3.05) is 11.9 Å². The zero-order chi connectivity index (χ0) is 20.3. The highest BCUT2D eigenvalue weighted by Gasteiger charge is 2.30. The second-order valence-corrected chi connectivity index (χ2v) is 8.64. The van der Waals surface area contributed by atoms with E-state index < -0.39 is 20.9 Å². The van der Waals surface area contributed by atoms with Crippen LogP contribution in [0.5, 0.6) is 0 Å². The second-order valence-electron chi connectivity index (χ2n) is 6.75. The first-order chi connectivity index (χ1) is 13.3. The van der Waals surface area contributed by atoms with Crippen LogP contribution in [0.3, 0.4) is 0 Å². The third-order valence-electron chi connectivity index (χ3n) is 4.78. The van der Waals surface area contributed by atoms with Gasteiger partial charge in [0.2, 0.25) is 10.0 Å². The van der Waals surface area contributed by atoms with Crippen LogP contribution in [0.2, 0.25) is 0 Å². The Morgan fingerprint density at radius 1 is 1.18 bits per heavy atom. The maximum atomic E-state index is 12.8. The van der Waals surface area contributed by atoms with Crippen LogP contribution in [-0.2, 0) is 10.0 Å². The summed E-state index contributed by atoms with van der Waals surface area (Å²) >= 11 is 0. The van der Waals surface area contributed by atoms with Crippen molar-refractivity contribution in [2.45, 2.75) is 37.1 Å². The third-order valence-corrected chi connectivity index (χ3v) is 6.81. The highest BCUT2D eigenvalue weighted by atomic mass is 32.2. The number of carbonyl (C=O) groups excluding carboxylic acids is 1. The molecule has 0 aromatic heterocycles. The van der Waals surface area contributed by atoms with Crippen LogP contribution in [-0.4, -0.2) is 36.1 Å². The van der Waals surface area contributed by atoms with Crippen LogP contribution < -0.4 is 5.32 Å². The lowest BCUT2D eigenvalue weighted by Crippen LogP contribution is -2.41. The topological polar surface area (TPSA) is 110 Å². The molecule has 2 aromatic carbocycles. The molecule has 1 aliphatic heterocycles. The van der Waals surface area contributed by atoms with Gasteiger partial charge in [-0.15, -0.1) is 0 Å². The lowest BCUT2D eigenvalue weighted by Gasteiger charge is -2.32. The molecule has 0 unspecified atom stereocenters. The molecular formula is C19H21N3O5S. The number of hydrogen-bond acceptors (Lipinski definition) is 5. The quantitative estimate of drug-likeness (QED) is 0.608. The fourth-order valence-corrected chi connectivity index (χ4v) is 4.94. The van der Waals surface area contributed by atoms with Gasteiger partial charge in [0.1, 0.15) is 0 Å². The summed E-state index contributed by atoms with van der Waals surface area (Å²) in [7, 11) is -3.60. The van der Waals surface area contributed by atoms with Crippen LogP contribution >= 0.6 is 0 Å². The number of nitro benzene ring substituents is 1. The van der Waals surface area contributed by atoms with E-state index in [2.05, 4.69) is 5.32 Å². The Morgan fingerprint density at radius 2 is 1.89 bits per heavy atom. The van der Waals surface area contributed by atoms with E-state index in [-0.39, 0.29) is 27.9 Å². The molecule has 8 nitrogen and oxygen atoms in total. The minimum absolute atomic E-state index is 0.0457. The van der Waals surface area contributed by atoms with Gasteiger partial charge in [-0.05, 0) is 50.1 Å². The molecule has 0 saturated carbocycles. The van der Waals surface area contributed by atoms with E-state index in [0.29, 0.717) is 6.54 Å². The van der Waals surface area contributed by atoms with Gasteiger partial charge in [0.05, 0.1) is 9.82 Å². The smallest absolute Gasteiger partial charge is 0.271 e. The minimum Gasteiger partial charge on any atom is -0.322 e. The summed E-state index contributed by atoms with van der Waals surface area (Å²) in [6.07, 6.45) is 2.69. The first kappa shape index (κ1) is 20.0. The van der Waals surface area contributed by atoms with Crippen LogP contribution in [0, 0.1) is 10.1 Å². The number of nitrogens with one attached hydrogen (secondary N) is 1. The van der Waals surface area contributed by atoms with Gasteiger partial charge in [-0.25, -0.2) is 8.42 Å². The van der Waals surface area contributed by atoms with Crippen molar-refractivity contribution >= 4 is 27.3 Å². The predicted molar refractivity (Wildman–Crippen MR) is 105 cm³/mol. The van der Waals surface area contributed by atoms with Crippen molar-refractivity contribution in [3.05, 3.63) is 64.2 Å². The number of hydrogen-bond donors (Lipinski definition) is 1. The van der Waals surface area contributed by atoms with Gasteiger partial charge in [0, 0.05) is 36.0 Å².